The van der Waals surface area contributed by atoms with Gasteiger partial charge in [-0.1, -0.05) is 0 Å². The van der Waals surface area contributed by atoms with Crippen molar-refractivity contribution >= 4 is 5.95 Å². The highest BCUT2D eigenvalue weighted by Crippen LogP contribution is 2.28. The van der Waals surface area contributed by atoms with E-state index in [4.69, 9.17) is 33.2 Å². The second kappa shape index (κ2) is 10.5. The number of anilines is 1. The first-order valence-corrected chi connectivity index (χ1v) is 11.9. The van der Waals surface area contributed by atoms with Crippen LogP contribution in [0.1, 0.15) is 0 Å². The Labute approximate surface area is 207 Å². The summed E-state index contributed by atoms with van der Waals surface area (Å²) in [5.41, 5.74) is 0. The SMILES string of the molecule is c1cc(Oc2nc(Oc3ccc(OCC4CO4)cc3)nc(N3CCOCC3)n2)ccc1OCC1CO1. The Morgan fingerprint density at radius 1 is 0.667 bits per heavy atom. The largest absolute Gasteiger partial charge is 0.491 e. The molecular formula is C25H26N4O7. The fourth-order valence-electron chi connectivity index (χ4n) is 3.45. The summed E-state index contributed by atoms with van der Waals surface area (Å²) in [5, 5.41) is 0. The first kappa shape index (κ1) is 22.8. The summed E-state index contributed by atoms with van der Waals surface area (Å²) in [6, 6.07) is 14.8. The van der Waals surface area contributed by atoms with E-state index in [0.29, 0.717) is 57.0 Å². The van der Waals surface area contributed by atoms with Crippen LogP contribution in [0.3, 0.4) is 0 Å². The van der Waals surface area contributed by atoms with Crippen molar-refractivity contribution in [3.63, 3.8) is 0 Å². The highest BCUT2D eigenvalue weighted by Gasteiger charge is 2.24. The number of morpholine rings is 1. The molecule has 3 aliphatic rings. The molecule has 0 amide bonds. The Kier molecular flexibility index (Phi) is 6.66. The summed E-state index contributed by atoms with van der Waals surface area (Å²) < 4.78 is 39.1. The molecule has 3 aromatic rings. The Morgan fingerprint density at radius 3 is 1.56 bits per heavy atom. The molecule has 36 heavy (non-hydrogen) atoms. The van der Waals surface area contributed by atoms with Crippen molar-refractivity contribution in [1.82, 2.24) is 15.0 Å². The minimum absolute atomic E-state index is 0.130. The maximum atomic E-state index is 5.95. The molecule has 1 aromatic heterocycles. The van der Waals surface area contributed by atoms with Crippen molar-refractivity contribution in [2.75, 3.05) is 57.6 Å². The smallest absolute Gasteiger partial charge is 0.330 e. The fraction of sp³-hybridized carbons (Fsp3) is 0.400. The van der Waals surface area contributed by atoms with Gasteiger partial charge in [-0.3, -0.25) is 0 Å². The molecule has 0 spiro atoms. The second-order valence-electron chi connectivity index (χ2n) is 8.48. The minimum atomic E-state index is 0.130. The zero-order valence-electron chi connectivity index (χ0n) is 19.6. The monoisotopic (exact) mass is 494 g/mol. The Balaban J connectivity index is 1.16. The van der Waals surface area contributed by atoms with Crippen LogP contribution in [0, 0.1) is 0 Å². The molecule has 188 valence electrons. The highest BCUT2D eigenvalue weighted by molar-refractivity contribution is 5.38. The third-order valence-corrected chi connectivity index (χ3v) is 5.62. The van der Waals surface area contributed by atoms with E-state index in [1.165, 1.54) is 0 Å². The molecule has 3 fully saturated rings. The highest BCUT2D eigenvalue weighted by atomic mass is 16.6. The summed E-state index contributed by atoms with van der Waals surface area (Å²) in [5.74, 6) is 3.08. The van der Waals surface area contributed by atoms with Crippen LogP contribution in [0.5, 0.6) is 35.0 Å². The average molecular weight is 495 g/mol. The van der Waals surface area contributed by atoms with Gasteiger partial charge in [-0.2, -0.15) is 9.97 Å². The molecule has 2 atom stereocenters. The van der Waals surface area contributed by atoms with Gasteiger partial charge in [-0.15, -0.1) is 4.98 Å². The van der Waals surface area contributed by atoms with Crippen LogP contribution in [0.4, 0.5) is 5.95 Å². The van der Waals surface area contributed by atoms with E-state index in [1.807, 2.05) is 29.2 Å². The molecule has 3 aliphatic heterocycles. The fourth-order valence-corrected chi connectivity index (χ4v) is 3.45. The van der Waals surface area contributed by atoms with Crippen molar-refractivity contribution < 1.29 is 33.2 Å². The number of ether oxygens (including phenoxy) is 7. The van der Waals surface area contributed by atoms with Crippen LogP contribution in [0.2, 0.25) is 0 Å². The number of benzene rings is 2. The van der Waals surface area contributed by atoms with Crippen molar-refractivity contribution in [3.8, 4) is 35.0 Å². The number of rotatable bonds is 11. The van der Waals surface area contributed by atoms with Gasteiger partial charge in [0.1, 0.15) is 48.4 Å². The maximum absolute atomic E-state index is 5.95. The molecule has 2 unspecified atom stereocenters. The standard InChI is InChI=1S/C25H26N4O7/c1-5-19(6-2-17(1)31-13-21-15-33-21)35-24-26-23(29-9-11-30-12-10-29)27-25(28-24)36-20-7-3-18(4-8-20)32-14-22-16-34-22/h1-8,21-22H,9-16H2. The molecule has 0 aliphatic carbocycles. The summed E-state index contributed by atoms with van der Waals surface area (Å²) in [6.45, 7) is 5.11. The second-order valence-corrected chi connectivity index (χ2v) is 8.48. The topological polar surface area (TPSA) is 113 Å². The summed E-state index contributed by atoms with van der Waals surface area (Å²) in [4.78, 5) is 15.4. The number of aromatic nitrogens is 3. The Morgan fingerprint density at radius 2 is 1.11 bits per heavy atom. The molecule has 0 bridgehead atoms. The van der Waals surface area contributed by atoms with Gasteiger partial charge >= 0.3 is 12.0 Å². The van der Waals surface area contributed by atoms with Crippen LogP contribution in [-0.4, -0.2) is 79.9 Å². The lowest BCUT2D eigenvalue weighted by Crippen LogP contribution is -2.37. The van der Waals surface area contributed by atoms with Gasteiger partial charge in [0.15, 0.2) is 0 Å². The zero-order valence-corrected chi connectivity index (χ0v) is 19.6. The maximum Gasteiger partial charge on any atom is 0.330 e. The van der Waals surface area contributed by atoms with Gasteiger partial charge in [0.2, 0.25) is 5.95 Å². The van der Waals surface area contributed by atoms with E-state index < -0.39 is 0 Å². The normalized spacial score (nSPS) is 20.5. The van der Waals surface area contributed by atoms with Gasteiger partial charge in [0, 0.05) is 13.1 Å². The van der Waals surface area contributed by atoms with Crippen LogP contribution in [0.15, 0.2) is 48.5 Å². The van der Waals surface area contributed by atoms with Crippen molar-refractivity contribution in [3.05, 3.63) is 48.5 Å². The quantitative estimate of drug-likeness (QED) is 0.367. The predicted molar refractivity (Wildman–Crippen MR) is 126 cm³/mol. The average Bonchev–Trinajstić information content (AvgIpc) is 3.84. The lowest BCUT2D eigenvalue weighted by atomic mass is 10.3. The zero-order chi connectivity index (χ0) is 24.2. The van der Waals surface area contributed by atoms with Crippen LogP contribution < -0.4 is 23.8 Å². The van der Waals surface area contributed by atoms with Gasteiger partial charge in [0.25, 0.3) is 0 Å². The molecular weight excluding hydrogens is 468 g/mol. The van der Waals surface area contributed by atoms with E-state index >= 15 is 0 Å². The lowest BCUT2D eigenvalue weighted by Gasteiger charge is -2.26. The van der Waals surface area contributed by atoms with Crippen molar-refractivity contribution in [2.24, 2.45) is 0 Å². The van der Waals surface area contributed by atoms with Crippen LogP contribution in [-0.2, 0) is 14.2 Å². The van der Waals surface area contributed by atoms with Crippen LogP contribution >= 0.6 is 0 Å². The van der Waals surface area contributed by atoms with E-state index in [9.17, 15) is 0 Å². The molecule has 11 heteroatoms. The minimum Gasteiger partial charge on any atom is -0.491 e. The van der Waals surface area contributed by atoms with E-state index in [1.54, 1.807) is 24.3 Å². The van der Waals surface area contributed by atoms with Crippen molar-refractivity contribution in [2.45, 2.75) is 12.2 Å². The molecule has 4 heterocycles. The molecule has 0 saturated carbocycles. The first-order chi connectivity index (χ1) is 17.8. The molecule has 2 aromatic carbocycles. The molecule has 11 nitrogen and oxygen atoms in total. The summed E-state index contributed by atoms with van der Waals surface area (Å²) in [7, 11) is 0. The first-order valence-electron chi connectivity index (χ1n) is 11.9. The lowest BCUT2D eigenvalue weighted by molar-refractivity contribution is 0.122. The van der Waals surface area contributed by atoms with Gasteiger partial charge < -0.3 is 38.1 Å². The van der Waals surface area contributed by atoms with Gasteiger partial charge in [0.05, 0.1) is 26.4 Å². The number of hydrogen-bond donors (Lipinski definition) is 0. The third kappa shape index (κ3) is 6.30. The number of hydrogen-bond acceptors (Lipinski definition) is 11. The molecule has 3 saturated heterocycles. The summed E-state index contributed by atoms with van der Waals surface area (Å²) in [6.07, 6.45) is 0.397. The number of epoxide rings is 2. The Hall–Kier alpha value is -3.67. The van der Waals surface area contributed by atoms with Crippen molar-refractivity contribution in [1.29, 1.82) is 0 Å². The summed E-state index contributed by atoms with van der Waals surface area (Å²) >= 11 is 0. The molecule has 0 N–H and O–H groups in total. The third-order valence-electron chi connectivity index (χ3n) is 5.62. The van der Waals surface area contributed by atoms with E-state index in [-0.39, 0.29) is 24.2 Å². The predicted octanol–water partition coefficient (Wildman–Crippen LogP) is 2.85. The van der Waals surface area contributed by atoms with Gasteiger partial charge in [-0.25, -0.2) is 0 Å². The molecule has 0 radical (unpaired) electrons. The molecule has 6 rings (SSSR count). The Bertz CT molecular complexity index is 1070. The number of nitrogens with zero attached hydrogens (tertiary/aromatic N) is 4. The van der Waals surface area contributed by atoms with E-state index in [2.05, 4.69) is 15.0 Å². The van der Waals surface area contributed by atoms with Crippen LogP contribution in [0.25, 0.3) is 0 Å². The van der Waals surface area contributed by atoms with E-state index in [0.717, 1.165) is 24.7 Å². The van der Waals surface area contributed by atoms with Gasteiger partial charge in [-0.05, 0) is 48.5 Å².